The van der Waals surface area contributed by atoms with Crippen LogP contribution in [0, 0.1) is 0 Å². The minimum absolute atomic E-state index is 0.0632. The number of methoxy groups -OCH3 is 1. The highest BCUT2D eigenvalue weighted by Gasteiger charge is 2.14. The summed E-state index contributed by atoms with van der Waals surface area (Å²) in [7, 11) is -2.25. The van der Waals surface area contributed by atoms with E-state index in [1.165, 1.54) is 25.3 Å². The van der Waals surface area contributed by atoms with Crippen molar-refractivity contribution >= 4 is 56.5 Å². The van der Waals surface area contributed by atoms with Crippen molar-refractivity contribution in [3.8, 4) is 5.75 Å². The van der Waals surface area contributed by atoms with E-state index in [4.69, 9.17) is 21.1 Å². The van der Waals surface area contributed by atoms with E-state index in [1.807, 2.05) is 0 Å². The third-order valence-corrected chi connectivity index (χ3v) is 6.81. The SMILES string of the molecule is COc1ccc(NS(=O)(=O)c2ccc(/C=C/C(=O)OCC(=O)c3ccc(Cl)s3)cc2)cc1. The van der Waals surface area contributed by atoms with Gasteiger partial charge in [0.25, 0.3) is 10.0 Å². The number of sulfonamides is 1. The number of Topliss-reactive ketones (excluding diaryl/α,β-unsaturated/α-hetero) is 1. The van der Waals surface area contributed by atoms with Gasteiger partial charge in [0.2, 0.25) is 5.78 Å². The van der Waals surface area contributed by atoms with Crippen molar-refractivity contribution in [2.24, 2.45) is 0 Å². The summed E-state index contributed by atoms with van der Waals surface area (Å²) in [5.41, 5.74) is 0.985. The molecule has 3 aromatic rings. The number of ether oxygens (including phenoxy) is 2. The predicted octanol–water partition coefficient (Wildman–Crippen LogP) is 4.65. The first-order chi connectivity index (χ1) is 15.3. The first-order valence-corrected chi connectivity index (χ1v) is 11.8. The summed E-state index contributed by atoms with van der Waals surface area (Å²) >= 11 is 6.89. The molecule has 0 unspecified atom stereocenters. The van der Waals surface area contributed by atoms with Crippen molar-refractivity contribution in [1.29, 1.82) is 0 Å². The Morgan fingerprint density at radius 3 is 2.31 bits per heavy atom. The summed E-state index contributed by atoms with van der Waals surface area (Å²) < 4.78 is 38.0. The number of carbonyl (C=O) groups is 2. The Morgan fingerprint density at radius 2 is 1.72 bits per heavy atom. The minimum atomic E-state index is -3.78. The molecule has 0 aliphatic carbocycles. The number of ketones is 1. The zero-order valence-electron chi connectivity index (χ0n) is 16.8. The molecule has 0 bridgehead atoms. The second-order valence-electron chi connectivity index (χ2n) is 6.37. The number of halogens is 1. The monoisotopic (exact) mass is 491 g/mol. The van der Waals surface area contributed by atoms with Crippen LogP contribution in [-0.2, 0) is 19.6 Å². The number of benzene rings is 2. The summed E-state index contributed by atoms with van der Waals surface area (Å²) in [5.74, 6) is -0.427. The van der Waals surface area contributed by atoms with Crippen LogP contribution in [0.5, 0.6) is 5.75 Å². The van der Waals surface area contributed by atoms with Crippen LogP contribution < -0.4 is 9.46 Å². The van der Waals surface area contributed by atoms with E-state index in [0.717, 1.165) is 17.4 Å². The maximum absolute atomic E-state index is 12.5. The lowest BCUT2D eigenvalue weighted by Gasteiger charge is -2.09. The molecular weight excluding hydrogens is 474 g/mol. The molecule has 2 aromatic carbocycles. The summed E-state index contributed by atoms with van der Waals surface area (Å²) in [5, 5.41) is 0. The van der Waals surface area contributed by atoms with Crippen molar-refractivity contribution in [3.63, 3.8) is 0 Å². The molecule has 0 spiro atoms. The van der Waals surface area contributed by atoms with E-state index in [0.29, 0.717) is 26.2 Å². The lowest BCUT2D eigenvalue weighted by atomic mass is 10.2. The van der Waals surface area contributed by atoms with Gasteiger partial charge in [-0.25, -0.2) is 13.2 Å². The first-order valence-electron chi connectivity index (χ1n) is 9.17. The molecule has 32 heavy (non-hydrogen) atoms. The highest BCUT2D eigenvalue weighted by molar-refractivity contribution is 7.92. The van der Waals surface area contributed by atoms with Gasteiger partial charge in [-0.05, 0) is 60.2 Å². The van der Waals surface area contributed by atoms with Gasteiger partial charge in [0.1, 0.15) is 5.75 Å². The third-order valence-electron chi connectivity index (χ3n) is 4.14. The first kappa shape index (κ1) is 23.5. The number of esters is 1. The number of hydrogen-bond acceptors (Lipinski definition) is 7. The van der Waals surface area contributed by atoms with E-state index in [9.17, 15) is 18.0 Å². The smallest absolute Gasteiger partial charge is 0.331 e. The van der Waals surface area contributed by atoms with Crippen molar-refractivity contribution < 1.29 is 27.5 Å². The molecule has 1 N–H and O–H groups in total. The molecule has 166 valence electrons. The van der Waals surface area contributed by atoms with Crippen LogP contribution in [0.3, 0.4) is 0 Å². The molecule has 0 saturated heterocycles. The van der Waals surface area contributed by atoms with Crippen molar-refractivity contribution in [2.75, 3.05) is 18.4 Å². The fraction of sp³-hybridized carbons (Fsp3) is 0.0909. The Bertz CT molecular complexity index is 1230. The molecule has 0 radical (unpaired) electrons. The van der Waals surface area contributed by atoms with E-state index in [2.05, 4.69) is 4.72 Å². The number of thiophene rings is 1. The Balaban J connectivity index is 1.56. The van der Waals surface area contributed by atoms with E-state index < -0.39 is 22.6 Å². The van der Waals surface area contributed by atoms with E-state index in [1.54, 1.807) is 48.5 Å². The number of hydrogen-bond donors (Lipinski definition) is 1. The summed E-state index contributed by atoms with van der Waals surface area (Å²) in [6.07, 6.45) is 2.62. The number of rotatable bonds is 9. The largest absolute Gasteiger partial charge is 0.497 e. The van der Waals surface area contributed by atoms with E-state index >= 15 is 0 Å². The molecule has 0 aliphatic heterocycles. The van der Waals surface area contributed by atoms with E-state index in [-0.39, 0.29) is 10.7 Å². The third kappa shape index (κ3) is 6.43. The zero-order valence-corrected chi connectivity index (χ0v) is 19.2. The highest BCUT2D eigenvalue weighted by Crippen LogP contribution is 2.22. The van der Waals surface area contributed by atoms with Crippen LogP contribution >= 0.6 is 22.9 Å². The average Bonchev–Trinajstić information content (AvgIpc) is 3.23. The van der Waals surface area contributed by atoms with Crippen LogP contribution in [0.2, 0.25) is 4.34 Å². The van der Waals surface area contributed by atoms with Gasteiger partial charge in [-0.3, -0.25) is 9.52 Å². The lowest BCUT2D eigenvalue weighted by molar-refractivity contribution is -0.136. The van der Waals surface area contributed by atoms with Crippen molar-refractivity contribution in [1.82, 2.24) is 0 Å². The Morgan fingerprint density at radius 1 is 1.03 bits per heavy atom. The lowest BCUT2D eigenvalue weighted by Crippen LogP contribution is -2.12. The second kappa shape index (κ2) is 10.4. The van der Waals surface area contributed by atoms with Crippen LogP contribution in [0.1, 0.15) is 15.2 Å². The van der Waals surface area contributed by atoms with Gasteiger partial charge in [-0.2, -0.15) is 0 Å². The molecule has 1 aromatic heterocycles. The summed E-state index contributed by atoms with van der Waals surface area (Å²) in [4.78, 5) is 24.2. The number of anilines is 1. The summed E-state index contributed by atoms with van der Waals surface area (Å²) in [6, 6.07) is 15.6. The molecule has 0 saturated carbocycles. The Hall–Kier alpha value is -3.14. The molecule has 0 aliphatic rings. The van der Waals surface area contributed by atoms with Crippen molar-refractivity contribution in [2.45, 2.75) is 4.90 Å². The quantitative estimate of drug-likeness (QED) is 0.266. The molecule has 10 heteroatoms. The van der Waals surface area contributed by atoms with Gasteiger partial charge in [0.05, 0.1) is 21.2 Å². The minimum Gasteiger partial charge on any atom is -0.497 e. The molecule has 3 rings (SSSR count). The zero-order chi connectivity index (χ0) is 23.1. The molecule has 7 nitrogen and oxygen atoms in total. The standard InChI is InChI=1S/C22H18ClNO6S2/c1-29-17-7-5-16(6-8-17)24-32(27,28)18-9-2-15(3-10-18)4-13-22(26)30-14-19(25)20-11-12-21(23)31-20/h2-13,24H,14H2,1H3/b13-4+. The molecular formula is C22H18ClNO6S2. The molecule has 1 heterocycles. The average molecular weight is 492 g/mol. The number of carbonyl (C=O) groups excluding carboxylic acids is 2. The molecule has 0 amide bonds. The summed E-state index contributed by atoms with van der Waals surface area (Å²) in [6.45, 7) is -0.395. The van der Waals surface area contributed by atoms with Gasteiger partial charge in [-0.15, -0.1) is 11.3 Å². The van der Waals surface area contributed by atoms with Gasteiger partial charge >= 0.3 is 5.97 Å². The van der Waals surface area contributed by atoms with Gasteiger partial charge < -0.3 is 9.47 Å². The van der Waals surface area contributed by atoms with Crippen LogP contribution in [0.25, 0.3) is 6.08 Å². The van der Waals surface area contributed by atoms with Gasteiger partial charge in [0, 0.05) is 11.8 Å². The Kier molecular flexibility index (Phi) is 7.68. The number of nitrogens with one attached hydrogen (secondary N) is 1. The topological polar surface area (TPSA) is 98.8 Å². The van der Waals surface area contributed by atoms with Crippen LogP contribution in [0.15, 0.2) is 71.6 Å². The van der Waals surface area contributed by atoms with Gasteiger partial charge in [-0.1, -0.05) is 23.7 Å². The molecule has 0 atom stereocenters. The maximum atomic E-state index is 12.5. The van der Waals surface area contributed by atoms with Crippen molar-refractivity contribution in [3.05, 3.63) is 81.5 Å². The van der Waals surface area contributed by atoms with Crippen LogP contribution in [0.4, 0.5) is 5.69 Å². The van der Waals surface area contributed by atoms with Gasteiger partial charge in [0.15, 0.2) is 6.61 Å². The maximum Gasteiger partial charge on any atom is 0.331 e. The second-order valence-corrected chi connectivity index (χ2v) is 9.77. The fourth-order valence-corrected chi connectivity index (χ4v) is 4.54. The molecule has 0 fully saturated rings. The highest BCUT2D eigenvalue weighted by atomic mass is 35.5. The Labute approximate surface area is 194 Å². The predicted molar refractivity (Wildman–Crippen MR) is 124 cm³/mol. The normalized spacial score (nSPS) is 11.3. The van der Waals surface area contributed by atoms with Crippen LogP contribution in [-0.4, -0.2) is 33.9 Å². The fourth-order valence-electron chi connectivity index (χ4n) is 2.52.